The second kappa shape index (κ2) is 7.31. The topological polar surface area (TPSA) is 84.7 Å². The van der Waals surface area contributed by atoms with Gasteiger partial charge in [-0.15, -0.1) is 5.10 Å². The highest BCUT2D eigenvalue weighted by Crippen LogP contribution is 2.20. The molecule has 1 aromatic heterocycles. The Kier molecular flexibility index (Phi) is 4.95. The highest BCUT2D eigenvalue weighted by molar-refractivity contribution is 6.30. The van der Waals surface area contributed by atoms with Crippen molar-refractivity contribution >= 4 is 23.3 Å². The van der Waals surface area contributed by atoms with Crippen molar-refractivity contribution in [2.24, 2.45) is 0 Å². The molecule has 2 amide bonds. The van der Waals surface area contributed by atoms with E-state index < -0.39 is 0 Å². The van der Waals surface area contributed by atoms with Gasteiger partial charge in [-0.05, 0) is 59.7 Å². The van der Waals surface area contributed by atoms with E-state index in [4.69, 9.17) is 11.6 Å². The number of carbonyl (C=O) groups is 1. The SMILES string of the molecule is Cc1ccc(NC(=O)N[C@@H](C)c2cccc(Cl)c2)cc1-n1cnnn1. The van der Waals surface area contributed by atoms with E-state index in [9.17, 15) is 4.79 Å². The standard InChI is InChI=1S/C17H17ClN6O/c1-11-6-7-15(9-16(11)24-10-19-22-23-24)21-17(25)20-12(2)13-4-3-5-14(18)8-13/h3-10,12H,1-2H3,(H2,20,21,25)/t12-/m0/s1. The average molecular weight is 357 g/mol. The molecule has 0 aliphatic heterocycles. The van der Waals surface area contributed by atoms with Crippen LogP contribution in [0.1, 0.15) is 24.1 Å². The van der Waals surface area contributed by atoms with E-state index in [2.05, 4.69) is 26.2 Å². The molecule has 2 N–H and O–H groups in total. The van der Waals surface area contributed by atoms with Crippen LogP contribution in [0.15, 0.2) is 48.8 Å². The first-order valence-electron chi connectivity index (χ1n) is 7.70. The third-order valence-electron chi connectivity index (χ3n) is 3.76. The van der Waals surface area contributed by atoms with Crippen LogP contribution in [0.3, 0.4) is 0 Å². The maximum Gasteiger partial charge on any atom is 0.319 e. The van der Waals surface area contributed by atoms with Gasteiger partial charge < -0.3 is 10.6 Å². The molecule has 2 aromatic carbocycles. The maximum atomic E-state index is 12.3. The summed E-state index contributed by atoms with van der Waals surface area (Å²) in [6.07, 6.45) is 1.51. The molecule has 25 heavy (non-hydrogen) atoms. The average Bonchev–Trinajstić information content (AvgIpc) is 3.11. The van der Waals surface area contributed by atoms with Gasteiger partial charge in [0.1, 0.15) is 6.33 Å². The normalized spacial score (nSPS) is 11.8. The van der Waals surface area contributed by atoms with Gasteiger partial charge in [0, 0.05) is 10.7 Å². The Morgan fingerprint density at radius 3 is 2.80 bits per heavy atom. The van der Waals surface area contributed by atoms with E-state index in [0.717, 1.165) is 16.8 Å². The Labute approximate surface area is 150 Å². The number of aromatic nitrogens is 4. The summed E-state index contributed by atoms with van der Waals surface area (Å²) in [5.74, 6) is 0. The summed E-state index contributed by atoms with van der Waals surface area (Å²) in [5.41, 5.74) is 3.36. The zero-order chi connectivity index (χ0) is 17.8. The number of hydrogen-bond acceptors (Lipinski definition) is 4. The summed E-state index contributed by atoms with van der Waals surface area (Å²) >= 11 is 5.99. The van der Waals surface area contributed by atoms with Gasteiger partial charge in [-0.2, -0.15) is 0 Å². The molecule has 0 spiro atoms. The van der Waals surface area contributed by atoms with Gasteiger partial charge in [0.15, 0.2) is 0 Å². The lowest BCUT2D eigenvalue weighted by Gasteiger charge is -2.16. The van der Waals surface area contributed by atoms with Crippen LogP contribution < -0.4 is 10.6 Å². The first kappa shape index (κ1) is 16.9. The van der Waals surface area contributed by atoms with E-state index in [1.165, 1.54) is 6.33 Å². The molecular formula is C17H17ClN6O. The number of nitrogens with zero attached hydrogens (tertiary/aromatic N) is 4. The molecule has 8 heteroatoms. The van der Waals surface area contributed by atoms with Crippen LogP contribution in [-0.2, 0) is 0 Å². The van der Waals surface area contributed by atoms with Crippen molar-refractivity contribution in [1.82, 2.24) is 25.5 Å². The van der Waals surface area contributed by atoms with E-state index in [-0.39, 0.29) is 12.1 Å². The number of aryl methyl sites for hydroxylation is 1. The summed E-state index contributed by atoms with van der Waals surface area (Å²) in [5, 5.41) is 17.5. The minimum Gasteiger partial charge on any atom is -0.331 e. The third-order valence-corrected chi connectivity index (χ3v) is 3.99. The fourth-order valence-electron chi connectivity index (χ4n) is 2.43. The molecule has 1 atom stereocenters. The Morgan fingerprint density at radius 1 is 1.24 bits per heavy atom. The number of halogens is 1. The predicted octanol–water partition coefficient (Wildman–Crippen LogP) is 3.51. The molecule has 0 aliphatic rings. The molecule has 0 unspecified atom stereocenters. The van der Waals surface area contributed by atoms with Crippen molar-refractivity contribution in [3.8, 4) is 5.69 Å². The highest BCUT2D eigenvalue weighted by atomic mass is 35.5. The first-order valence-corrected chi connectivity index (χ1v) is 8.08. The van der Waals surface area contributed by atoms with Gasteiger partial charge in [0.2, 0.25) is 0 Å². The molecule has 0 bridgehead atoms. The molecule has 0 fully saturated rings. The summed E-state index contributed by atoms with van der Waals surface area (Å²) in [6.45, 7) is 3.84. The zero-order valence-corrected chi connectivity index (χ0v) is 14.5. The number of nitrogens with one attached hydrogen (secondary N) is 2. The van der Waals surface area contributed by atoms with Crippen molar-refractivity contribution in [1.29, 1.82) is 0 Å². The van der Waals surface area contributed by atoms with Crippen LogP contribution in [0.2, 0.25) is 5.02 Å². The van der Waals surface area contributed by atoms with Gasteiger partial charge in [-0.25, -0.2) is 9.48 Å². The van der Waals surface area contributed by atoms with Crippen molar-refractivity contribution in [2.45, 2.75) is 19.9 Å². The molecule has 0 radical (unpaired) electrons. The zero-order valence-electron chi connectivity index (χ0n) is 13.8. The van der Waals surface area contributed by atoms with E-state index in [1.807, 2.05) is 50.2 Å². The second-order valence-electron chi connectivity index (χ2n) is 5.63. The largest absolute Gasteiger partial charge is 0.331 e. The van der Waals surface area contributed by atoms with Crippen LogP contribution in [-0.4, -0.2) is 26.2 Å². The Hall–Kier alpha value is -2.93. The Balaban J connectivity index is 1.70. The van der Waals surface area contributed by atoms with Crippen molar-refractivity contribution in [3.63, 3.8) is 0 Å². The van der Waals surface area contributed by atoms with Crippen LogP contribution in [0.4, 0.5) is 10.5 Å². The quantitative estimate of drug-likeness (QED) is 0.749. The van der Waals surface area contributed by atoms with Crippen LogP contribution in [0.25, 0.3) is 5.69 Å². The molecule has 0 aliphatic carbocycles. The van der Waals surface area contributed by atoms with E-state index in [1.54, 1.807) is 10.7 Å². The van der Waals surface area contributed by atoms with Gasteiger partial charge in [-0.1, -0.05) is 29.8 Å². The number of carbonyl (C=O) groups excluding carboxylic acids is 1. The van der Waals surface area contributed by atoms with Gasteiger partial charge in [0.05, 0.1) is 11.7 Å². The fraction of sp³-hybridized carbons (Fsp3) is 0.176. The summed E-state index contributed by atoms with van der Waals surface area (Å²) in [7, 11) is 0. The maximum absolute atomic E-state index is 12.3. The minimum absolute atomic E-state index is 0.178. The number of tetrazole rings is 1. The Bertz CT molecular complexity index is 881. The second-order valence-corrected chi connectivity index (χ2v) is 6.07. The summed E-state index contributed by atoms with van der Waals surface area (Å²) in [6, 6.07) is 12.4. The number of benzene rings is 2. The van der Waals surface area contributed by atoms with Crippen LogP contribution in [0, 0.1) is 6.92 Å². The lowest BCUT2D eigenvalue weighted by Crippen LogP contribution is -2.31. The highest BCUT2D eigenvalue weighted by Gasteiger charge is 2.11. The molecule has 0 saturated carbocycles. The molecule has 128 valence electrons. The number of urea groups is 1. The third kappa shape index (κ3) is 4.13. The molecule has 1 heterocycles. The van der Waals surface area contributed by atoms with Gasteiger partial charge >= 0.3 is 6.03 Å². The monoisotopic (exact) mass is 356 g/mol. The van der Waals surface area contributed by atoms with E-state index in [0.29, 0.717) is 10.7 Å². The first-order chi connectivity index (χ1) is 12.0. The molecular weight excluding hydrogens is 340 g/mol. The fourth-order valence-corrected chi connectivity index (χ4v) is 2.63. The number of amides is 2. The van der Waals surface area contributed by atoms with Crippen molar-refractivity contribution < 1.29 is 4.79 Å². The van der Waals surface area contributed by atoms with E-state index >= 15 is 0 Å². The molecule has 7 nitrogen and oxygen atoms in total. The molecule has 3 rings (SSSR count). The van der Waals surface area contributed by atoms with Crippen LogP contribution >= 0.6 is 11.6 Å². The minimum atomic E-state index is -0.306. The number of hydrogen-bond donors (Lipinski definition) is 2. The summed E-state index contributed by atoms with van der Waals surface area (Å²) in [4.78, 5) is 12.3. The van der Waals surface area contributed by atoms with Crippen LogP contribution in [0.5, 0.6) is 0 Å². The smallest absolute Gasteiger partial charge is 0.319 e. The molecule has 0 saturated heterocycles. The van der Waals surface area contributed by atoms with Crippen molar-refractivity contribution in [2.75, 3.05) is 5.32 Å². The number of rotatable bonds is 4. The summed E-state index contributed by atoms with van der Waals surface area (Å²) < 4.78 is 1.55. The molecule has 3 aromatic rings. The number of anilines is 1. The lowest BCUT2D eigenvalue weighted by atomic mass is 10.1. The van der Waals surface area contributed by atoms with Gasteiger partial charge in [0.25, 0.3) is 0 Å². The Morgan fingerprint density at radius 2 is 2.08 bits per heavy atom. The van der Waals surface area contributed by atoms with Crippen molar-refractivity contribution in [3.05, 3.63) is 64.9 Å². The van der Waals surface area contributed by atoms with Gasteiger partial charge in [-0.3, -0.25) is 0 Å². The lowest BCUT2D eigenvalue weighted by molar-refractivity contribution is 0.249. The predicted molar refractivity (Wildman–Crippen MR) is 95.9 cm³/mol.